The Hall–Kier alpha value is -3.47. The Morgan fingerprint density at radius 2 is 1.96 bits per heavy atom. The average Bonchev–Trinajstić information content (AvgIpc) is 2.68. The van der Waals surface area contributed by atoms with Crippen LogP contribution in [0.15, 0.2) is 73.3 Å². The summed E-state index contributed by atoms with van der Waals surface area (Å²) in [7, 11) is 0. The number of rotatable bonds is 4. The third kappa shape index (κ3) is 3.07. The fraction of sp³-hybridized carbons (Fsp3) is 0.0952. The predicted octanol–water partition coefficient (Wildman–Crippen LogP) is 3.66. The summed E-state index contributed by atoms with van der Waals surface area (Å²) in [4.78, 5) is 11.8. The number of fused-ring (bicyclic) bond motifs is 1. The van der Waals surface area contributed by atoms with Gasteiger partial charge in [0.1, 0.15) is 17.3 Å². The molecule has 5 nitrogen and oxygen atoms in total. The number of phenolic OH excluding ortho intramolecular Hbond substituents is 1. The summed E-state index contributed by atoms with van der Waals surface area (Å²) in [5, 5.41) is 15.3. The number of hydrogen-bond donors (Lipinski definition) is 2. The number of hydrogen-bond acceptors (Lipinski definition) is 4. The molecule has 1 atom stereocenters. The minimum atomic E-state index is -0.270. The highest BCUT2D eigenvalue weighted by atomic mass is 16.3. The molecule has 0 saturated heterocycles. The highest BCUT2D eigenvalue weighted by Gasteiger charge is 2.24. The van der Waals surface area contributed by atoms with Gasteiger partial charge in [-0.25, -0.2) is 4.98 Å². The van der Waals surface area contributed by atoms with Gasteiger partial charge in [0.2, 0.25) is 0 Å². The molecule has 0 amide bonds. The Labute approximate surface area is 151 Å². The van der Waals surface area contributed by atoms with E-state index in [1.165, 1.54) is 0 Å². The van der Waals surface area contributed by atoms with Crippen LogP contribution in [0, 0.1) is 6.92 Å². The van der Waals surface area contributed by atoms with Crippen LogP contribution in [0.3, 0.4) is 0 Å². The lowest BCUT2D eigenvalue weighted by molar-refractivity contribution is -0.361. The van der Waals surface area contributed by atoms with Crippen molar-refractivity contribution in [2.24, 2.45) is 0 Å². The maximum atomic E-state index is 10.9. The van der Waals surface area contributed by atoms with E-state index in [0.717, 1.165) is 27.9 Å². The van der Waals surface area contributed by atoms with Gasteiger partial charge in [-0.2, -0.15) is 0 Å². The van der Waals surface area contributed by atoms with Crippen molar-refractivity contribution in [1.82, 2.24) is 9.97 Å². The number of aromatic hydroxyl groups is 1. The van der Waals surface area contributed by atoms with E-state index in [-0.39, 0.29) is 11.8 Å². The van der Waals surface area contributed by atoms with Crippen molar-refractivity contribution in [2.45, 2.75) is 13.0 Å². The summed E-state index contributed by atoms with van der Waals surface area (Å²) >= 11 is 0. The zero-order valence-corrected chi connectivity index (χ0v) is 14.3. The van der Waals surface area contributed by atoms with Crippen molar-refractivity contribution in [1.29, 1.82) is 0 Å². The molecule has 4 aromatic rings. The first-order valence-electron chi connectivity index (χ1n) is 8.44. The van der Waals surface area contributed by atoms with Crippen LogP contribution in [0.4, 0.5) is 5.82 Å². The van der Waals surface area contributed by atoms with Gasteiger partial charge in [0.25, 0.3) is 5.82 Å². The van der Waals surface area contributed by atoms with Gasteiger partial charge in [-0.3, -0.25) is 15.3 Å². The molecular weight excluding hydrogens is 324 g/mol. The monoisotopic (exact) mass is 343 g/mol. The topological polar surface area (TPSA) is 72.2 Å². The summed E-state index contributed by atoms with van der Waals surface area (Å²) in [6.07, 6.45) is 7.11. The number of anilines is 1. The Morgan fingerprint density at radius 3 is 2.77 bits per heavy atom. The molecule has 0 unspecified atom stereocenters. The summed E-state index contributed by atoms with van der Waals surface area (Å²) in [6, 6.07) is 15.3. The lowest BCUT2D eigenvalue weighted by atomic mass is 9.97. The predicted molar refractivity (Wildman–Crippen MR) is 101 cm³/mol. The van der Waals surface area contributed by atoms with Gasteiger partial charge in [0.05, 0.1) is 6.20 Å². The number of aryl methyl sites for hydroxylation is 1. The van der Waals surface area contributed by atoms with Gasteiger partial charge in [-0.1, -0.05) is 18.2 Å². The standard InChI is InChI=1S/C21H18N4O/c1-14-8-11-23-18(12-14)25-19(16-5-2-9-22-13-16)17-7-6-15-4-3-10-24-20(15)21(17)26/h2-13,19,26H,1H3,(H,23,25)/p+1/t19-/m1/s1. The van der Waals surface area contributed by atoms with E-state index >= 15 is 0 Å². The SMILES string of the molecule is Cc1cc[nH+]c(N[C@H](c2cccnc2)c2ccc3cccnc3c2O)c1. The minimum absolute atomic E-state index is 0.178. The largest absolute Gasteiger partial charge is 0.505 e. The molecule has 0 aliphatic carbocycles. The highest BCUT2D eigenvalue weighted by molar-refractivity contribution is 5.85. The van der Waals surface area contributed by atoms with Crippen molar-refractivity contribution in [3.8, 4) is 5.75 Å². The molecule has 0 aliphatic heterocycles. The number of aromatic amines is 1. The smallest absolute Gasteiger partial charge is 0.273 e. The quantitative estimate of drug-likeness (QED) is 0.593. The van der Waals surface area contributed by atoms with Gasteiger partial charge in [-0.15, -0.1) is 0 Å². The van der Waals surface area contributed by atoms with E-state index in [2.05, 4.69) is 20.3 Å². The number of aromatic nitrogens is 3. The molecule has 0 fully saturated rings. The number of benzene rings is 1. The fourth-order valence-corrected chi connectivity index (χ4v) is 3.08. The van der Waals surface area contributed by atoms with E-state index < -0.39 is 0 Å². The highest BCUT2D eigenvalue weighted by Crippen LogP contribution is 2.35. The van der Waals surface area contributed by atoms with E-state index in [4.69, 9.17) is 0 Å². The minimum Gasteiger partial charge on any atom is -0.505 e. The zero-order chi connectivity index (χ0) is 17.9. The number of nitrogens with one attached hydrogen (secondary N) is 2. The van der Waals surface area contributed by atoms with Crippen LogP contribution in [0.25, 0.3) is 10.9 Å². The Balaban J connectivity index is 1.84. The molecule has 0 spiro atoms. The Kier molecular flexibility index (Phi) is 4.19. The lowest BCUT2D eigenvalue weighted by Gasteiger charge is -2.17. The normalized spacial score (nSPS) is 12.0. The van der Waals surface area contributed by atoms with Crippen LogP contribution in [-0.4, -0.2) is 15.1 Å². The first-order chi connectivity index (χ1) is 12.7. The fourth-order valence-electron chi connectivity index (χ4n) is 3.08. The molecule has 0 saturated carbocycles. The van der Waals surface area contributed by atoms with Gasteiger partial charge >= 0.3 is 0 Å². The van der Waals surface area contributed by atoms with Crippen molar-refractivity contribution in [3.05, 3.63) is 90.0 Å². The molecule has 4 rings (SSSR count). The second-order valence-electron chi connectivity index (χ2n) is 6.22. The Bertz CT molecular complexity index is 1050. The molecule has 26 heavy (non-hydrogen) atoms. The zero-order valence-electron chi connectivity index (χ0n) is 14.3. The third-order valence-electron chi connectivity index (χ3n) is 4.36. The average molecular weight is 343 g/mol. The maximum Gasteiger partial charge on any atom is 0.273 e. The van der Waals surface area contributed by atoms with E-state index in [9.17, 15) is 5.11 Å². The van der Waals surface area contributed by atoms with Crippen LogP contribution in [0.2, 0.25) is 0 Å². The van der Waals surface area contributed by atoms with E-state index in [0.29, 0.717) is 5.52 Å². The first kappa shape index (κ1) is 16.0. The van der Waals surface area contributed by atoms with Gasteiger partial charge in [0.15, 0.2) is 0 Å². The lowest BCUT2D eigenvalue weighted by Crippen LogP contribution is -2.19. The summed E-state index contributed by atoms with van der Waals surface area (Å²) in [5.74, 6) is 1.04. The summed E-state index contributed by atoms with van der Waals surface area (Å²) < 4.78 is 0. The van der Waals surface area contributed by atoms with E-state index in [1.54, 1.807) is 18.6 Å². The first-order valence-corrected chi connectivity index (χ1v) is 8.44. The Morgan fingerprint density at radius 1 is 1.08 bits per heavy atom. The van der Waals surface area contributed by atoms with Gasteiger partial charge < -0.3 is 5.11 Å². The van der Waals surface area contributed by atoms with Crippen molar-refractivity contribution < 1.29 is 10.1 Å². The molecule has 5 heteroatoms. The van der Waals surface area contributed by atoms with Gasteiger partial charge in [0, 0.05) is 41.2 Å². The van der Waals surface area contributed by atoms with Crippen molar-refractivity contribution in [2.75, 3.05) is 5.32 Å². The van der Waals surface area contributed by atoms with E-state index in [1.807, 2.05) is 61.7 Å². The molecule has 1 aromatic carbocycles. The summed E-state index contributed by atoms with van der Waals surface area (Å²) in [6.45, 7) is 2.04. The van der Waals surface area contributed by atoms with Crippen LogP contribution >= 0.6 is 0 Å². The van der Waals surface area contributed by atoms with Crippen LogP contribution in [0.5, 0.6) is 5.75 Å². The van der Waals surface area contributed by atoms with Crippen LogP contribution in [0.1, 0.15) is 22.7 Å². The van der Waals surface area contributed by atoms with Crippen molar-refractivity contribution >= 4 is 16.7 Å². The van der Waals surface area contributed by atoms with Crippen LogP contribution < -0.4 is 10.3 Å². The number of nitrogens with zero attached hydrogens (tertiary/aromatic N) is 2. The molecular formula is C21H19N4O+. The van der Waals surface area contributed by atoms with Crippen molar-refractivity contribution in [3.63, 3.8) is 0 Å². The number of pyridine rings is 3. The molecule has 128 valence electrons. The molecule has 3 heterocycles. The molecule has 0 radical (unpaired) electrons. The molecule has 0 bridgehead atoms. The second kappa shape index (κ2) is 6.80. The summed E-state index contributed by atoms with van der Waals surface area (Å²) in [5.41, 5.74) is 3.43. The second-order valence-corrected chi connectivity index (χ2v) is 6.22. The van der Waals surface area contributed by atoms with Crippen LogP contribution in [-0.2, 0) is 0 Å². The number of phenols is 1. The van der Waals surface area contributed by atoms with Gasteiger partial charge in [-0.05, 0) is 36.8 Å². The third-order valence-corrected chi connectivity index (χ3v) is 4.36. The maximum absolute atomic E-state index is 10.9. The molecule has 3 N–H and O–H groups in total. The number of H-pyrrole nitrogens is 1. The molecule has 3 aromatic heterocycles. The molecule has 0 aliphatic rings.